The average Bonchev–Trinajstić information content (AvgIpc) is 2.80. The van der Waals surface area contributed by atoms with Gasteiger partial charge in [-0.3, -0.25) is 0 Å². The maximum absolute atomic E-state index is 11.5. The molecule has 0 bridgehead atoms. The van der Waals surface area contributed by atoms with E-state index in [2.05, 4.69) is 0 Å². The van der Waals surface area contributed by atoms with Crippen molar-refractivity contribution in [1.29, 1.82) is 0 Å². The van der Waals surface area contributed by atoms with Crippen molar-refractivity contribution in [3.8, 4) is 0 Å². The standard InChI is InChI=1S/C24H28O7/c1-15-20(29-16(2)22(25)26)21-19(14-28-24(31-21)18-11-7-4-8-12-18)30-23(15)27-13-17-9-5-3-6-10-17/h3-12,15-16,19-21,23-24H,13-14H2,1-2H3,(H,25,26)/t15-,16+,19?,20?,21+,23+,24?/m0/s1. The maximum atomic E-state index is 11.5. The van der Waals surface area contributed by atoms with Crippen molar-refractivity contribution in [2.24, 2.45) is 5.92 Å². The van der Waals surface area contributed by atoms with Gasteiger partial charge in [0.05, 0.1) is 19.3 Å². The van der Waals surface area contributed by atoms with Gasteiger partial charge >= 0.3 is 5.97 Å². The molecule has 0 radical (unpaired) electrons. The molecule has 2 aromatic rings. The van der Waals surface area contributed by atoms with Gasteiger partial charge in [0.1, 0.15) is 12.2 Å². The molecule has 0 aromatic heterocycles. The fourth-order valence-corrected chi connectivity index (χ4v) is 3.93. The summed E-state index contributed by atoms with van der Waals surface area (Å²) in [5.41, 5.74) is 1.91. The van der Waals surface area contributed by atoms with Gasteiger partial charge in [-0.2, -0.15) is 0 Å². The Balaban J connectivity index is 1.51. The minimum Gasteiger partial charge on any atom is -0.479 e. The number of carbonyl (C=O) groups is 1. The zero-order chi connectivity index (χ0) is 21.8. The number of ether oxygens (including phenoxy) is 5. The molecule has 4 rings (SSSR count). The van der Waals surface area contributed by atoms with E-state index < -0.39 is 43.0 Å². The third-order valence-corrected chi connectivity index (χ3v) is 5.68. The second kappa shape index (κ2) is 9.89. The summed E-state index contributed by atoms with van der Waals surface area (Å²) in [6.45, 7) is 4.13. The summed E-state index contributed by atoms with van der Waals surface area (Å²) in [5.74, 6) is -1.27. The zero-order valence-electron chi connectivity index (χ0n) is 17.6. The molecule has 166 valence electrons. The lowest BCUT2D eigenvalue weighted by Gasteiger charge is -2.48. The molecule has 2 fully saturated rings. The highest BCUT2D eigenvalue weighted by atomic mass is 16.7. The monoisotopic (exact) mass is 428 g/mol. The van der Waals surface area contributed by atoms with Gasteiger partial charge in [0.15, 0.2) is 18.7 Å². The zero-order valence-corrected chi connectivity index (χ0v) is 17.6. The second-order valence-electron chi connectivity index (χ2n) is 7.96. The minimum absolute atomic E-state index is 0.249. The number of carboxylic acid groups (broad SMARTS) is 1. The molecule has 2 heterocycles. The third kappa shape index (κ3) is 5.14. The molecule has 0 amide bonds. The van der Waals surface area contributed by atoms with E-state index in [1.807, 2.05) is 67.6 Å². The van der Waals surface area contributed by atoms with Crippen LogP contribution in [-0.4, -0.2) is 48.4 Å². The molecule has 7 atom stereocenters. The van der Waals surface area contributed by atoms with E-state index >= 15 is 0 Å². The van der Waals surface area contributed by atoms with Crippen molar-refractivity contribution < 1.29 is 33.6 Å². The van der Waals surface area contributed by atoms with E-state index in [9.17, 15) is 9.90 Å². The van der Waals surface area contributed by atoms with Crippen LogP contribution >= 0.6 is 0 Å². The number of aliphatic carboxylic acids is 1. The highest BCUT2D eigenvalue weighted by Gasteiger charge is 2.50. The Morgan fingerprint density at radius 1 is 1.10 bits per heavy atom. The third-order valence-electron chi connectivity index (χ3n) is 5.68. The van der Waals surface area contributed by atoms with E-state index in [0.717, 1.165) is 11.1 Å². The Hall–Kier alpha value is -2.29. The molecule has 3 unspecified atom stereocenters. The number of fused-ring (bicyclic) bond motifs is 1. The molecule has 1 N–H and O–H groups in total. The fourth-order valence-electron chi connectivity index (χ4n) is 3.93. The van der Waals surface area contributed by atoms with Crippen molar-refractivity contribution in [2.45, 2.75) is 57.5 Å². The molecule has 7 nitrogen and oxygen atoms in total. The van der Waals surface area contributed by atoms with Gasteiger partial charge in [0.2, 0.25) is 0 Å². The van der Waals surface area contributed by atoms with Crippen LogP contribution in [0.2, 0.25) is 0 Å². The predicted octanol–water partition coefficient (Wildman–Crippen LogP) is 3.54. The van der Waals surface area contributed by atoms with E-state index in [4.69, 9.17) is 23.7 Å². The van der Waals surface area contributed by atoms with Crippen LogP contribution in [0.3, 0.4) is 0 Å². The number of carboxylic acids is 1. The van der Waals surface area contributed by atoms with Gasteiger partial charge < -0.3 is 28.8 Å². The van der Waals surface area contributed by atoms with Gasteiger partial charge in [-0.05, 0) is 12.5 Å². The fraction of sp³-hybridized carbons (Fsp3) is 0.458. The molecular formula is C24H28O7. The lowest BCUT2D eigenvalue weighted by molar-refractivity contribution is -0.360. The molecule has 2 saturated heterocycles. The van der Waals surface area contributed by atoms with Crippen molar-refractivity contribution in [3.05, 3.63) is 71.8 Å². The molecule has 2 aliphatic heterocycles. The van der Waals surface area contributed by atoms with Crippen molar-refractivity contribution >= 4 is 5.97 Å². The van der Waals surface area contributed by atoms with Crippen LogP contribution in [0.4, 0.5) is 0 Å². The van der Waals surface area contributed by atoms with Crippen LogP contribution in [-0.2, 0) is 35.1 Å². The van der Waals surface area contributed by atoms with Crippen LogP contribution < -0.4 is 0 Å². The van der Waals surface area contributed by atoms with E-state index in [1.165, 1.54) is 6.92 Å². The molecule has 0 spiro atoms. The Morgan fingerprint density at radius 2 is 1.77 bits per heavy atom. The quantitative estimate of drug-likeness (QED) is 0.722. The number of rotatable bonds is 7. The van der Waals surface area contributed by atoms with Gasteiger partial charge in [-0.15, -0.1) is 0 Å². The number of hydrogen-bond donors (Lipinski definition) is 1. The van der Waals surface area contributed by atoms with Crippen molar-refractivity contribution in [3.63, 3.8) is 0 Å². The molecule has 2 aliphatic rings. The van der Waals surface area contributed by atoms with E-state index in [-0.39, 0.29) is 5.92 Å². The maximum Gasteiger partial charge on any atom is 0.332 e. The normalized spacial score (nSPS) is 31.5. The first-order chi connectivity index (χ1) is 15.0. The van der Waals surface area contributed by atoms with Crippen LogP contribution in [0.1, 0.15) is 31.3 Å². The smallest absolute Gasteiger partial charge is 0.332 e. The van der Waals surface area contributed by atoms with Gasteiger partial charge in [0, 0.05) is 11.5 Å². The summed E-state index contributed by atoms with van der Waals surface area (Å²) in [4.78, 5) is 11.5. The SMILES string of the molecule is C[C@@H](OC1[C@@H]2OC(c3ccccc3)OCC2O[C@@H](OCc2ccccc2)[C@H]1C)C(=O)O. The Labute approximate surface area is 181 Å². The van der Waals surface area contributed by atoms with Crippen LogP contribution in [0.5, 0.6) is 0 Å². The Morgan fingerprint density at radius 3 is 2.45 bits per heavy atom. The Kier molecular flexibility index (Phi) is 6.99. The van der Waals surface area contributed by atoms with E-state index in [0.29, 0.717) is 13.2 Å². The van der Waals surface area contributed by atoms with E-state index in [1.54, 1.807) is 0 Å². The summed E-state index contributed by atoms with van der Waals surface area (Å²) >= 11 is 0. The predicted molar refractivity (Wildman–Crippen MR) is 111 cm³/mol. The van der Waals surface area contributed by atoms with Crippen LogP contribution in [0.15, 0.2) is 60.7 Å². The van der Waals surface area contributed by atoms with Crippen molar-refractivity contribution in [2.75, 3.05) is 6.61 Å². The van der Waals surface area contributed by atoms with Crippen LogP contribution in [0, 0.1) is 5.92 Å². The van der Waals surface area contributed by atoms with Gasteiger partial charge in [-0.25, -0.2) is 4.79 Å². The van der Waals surface area contributed by atoms with Gasteiger partial charge in [0.25, 0.3) is 0 Å². The number of benzene rings is 2. The molecule has 2 aromatic carbocycles. The molecule has 31 heavy (non-hydrogen) atoms. The summed E-state index contributed by atoms with van der Waals surface area (Å²) in [5, 5.41) is 9.39. The summed E-state index contributed by atoms with van der Waals surface area (Å²) in [6, 6.07) is 19.4. The average molecular weight is 428 g/mol. The van der Waals surface area contributed by atoms with Crippen LogP contribution in [0.25, 0.3) is 0 Å². The van der Waals surface area contributed by atoms with Crippen molar-refractivity contribution in [1.82, 2.24) is 0 Å². The summed E-state index contributed by atoms with van der Waals surface area (Å²) < 4.78 is 30.3. The first kappa shape index (κ1) is 21.9. The molecule has 0 saturated carbocycles. The first-order valence-corrected chi connectivity index (χ1v) is 10.5. The first-order valence-electron chi connectivity index (χ1n) is 10.5. The second-order valence-corrected chi connectivity index (χ2v) is 7.96. The molecular weight excluding hydrogens is 400 g/mol. The molecule has 7 heteroatoms. The Bertz CT molecular complexity index is 844. The summed E-state index contributed by atoms with van der Waals surface area (Å²) in [7, 11) is 0. The number of hydrogen-bond acceptors (Lipinski definition) is 6. The summed E-state index contributed by atoms with van der Waals surface area (Å²) in [6.07, 6.45) is -3.56. The largest absolute Gasteiger partial charge is 0.479 e. The highest BCUT2D eigenvalue weighted by Crippen LogP contribution is 2.38. The minimum atomic E-state index is -1.02. The lowest BCUT2D eigenvalue weighted by atomic mass is 9.91. The van der Waals surface area contributed by atoms with Gasteiger partial charge in [-0.1, -0.05) is 67.6 Å². The topological polar surface area (TPSA) is 83.5 Å². The highest BCUT2D eigenvalue weighted by molar-refractivity contribution is 5.71. The molecule has 0 aliphatic carbocycles. The lowest BCUT2D eigenvalue weighted by Crippen LogP contribution is -2.60.